The molecule has 1 aromatic carbocycles. The predicted molar refractivity (Wildman–Crippen MR) is 88.6 cm³/mol. The zero-order valence-corrected chi connectivity index (χ0v) is 13.0. The lowest BCUT2D eigenvalue weighted by Crippen LogP contribution is -2.29. The summed E-state index contributed by atoms with van der Waals surface area (Å²) >= 11 is 0. The highest BCUT2D eigenvalue weighted by Gasteiger charge is 2.35. The monoisotopic (exact) mass is 311 g/mol. The van der Waals surface area contributed by atoms with Crippen molar-refractivity contribution in [2.45, 2.75) is 19.3 Å². The summed E-state index contributed by atoms with van der Waals surface area (Å²) in [6, 6.07) is 9.26. The summed E-state index contributed by atoms with van der Waals surface area (Å²) in [4.78, 5) is 25.8. The van der Waals surface area contributed by atoms with Crippen molar-refractivity contribution in [2.75, 3.05) is 13.1 Å². The Morgan fingerprint density at radius 2 is 1.70 bits per heavy atom. The highest BCUT2D eigenvalue weighted by atomic mass is 16.4. The Bertz CT molecular complexity index is 632. The van der Waals surface area contributed by atoms with Crippen LogP contribution >= 0.6 is 0 Å². The SMILES string of the molecule is O=C(O)/C(=C/c1ccccc1)CC(=O)N1CC2CC=CCC2C1. The first kappa shape index (κ1) is 15.5. The van der Waals surface area contributed by atoms with Gasteiger partial charge in [-0.15, -0.1) is 0 Å². The number of aliphatic carboxylic acids is 1. The molecule has 1 saturated heterocycles. The number of carboxylic acids is 1. The Labute approximate surface area is 136 Å². The van der Waals surface area contributed by atoms with Gasteiger partial charge in [-0.2, -0.15) is 0 Å². The molecule has 1 amide bonds. The first-order valence-electron chi connectivity index (χ1n) is 8.05. The van der Waals surface area contributed by atoms with Crippen molar-refractivity contribution in [3.05, 3.63) is 53.6 Å². The lowest BCUT2D eigenvalue weighted by atomic mass is 9.86. The second-order valence-electron chi connectivity index (χ2n) is 6.32. The molecule has 0 aromatic heterocycles. The molecule has 4 heteroatoms. The number of carbonyl (C=O) groups is 2. The minimum absolute atomic E-state index is 0.0445. The van der Waals surface area contributed by atoms with Crippen LogP contribution in [0.1, 0.15) is 24.8 Å². The third-order valence-electron chi connectivity index (χ3n) is 4.73. The summed E-state index contributed by atoms with van der Waals surface area (Å²) in [5.74, 6) is -0.0323. The Hall–Kier alpha value is -2.36. The molecule has 1 heterocycles. The third kappa shape index (κ3) is 3.70. The molecule has 120 valence electrons. The first-order valence-corrected chi connectivity index (χ1v) is 8.05. The summed E-state index contributed by atoms with van der Waals surface area (Å²) in [7, 11) is 0. The molecule has 1 aliphatic heterocycles. The van der Waals surface area contributed by atoms with E-state index in [1.165, 1.54) is 0 Å². The van der Waals surface area contributed by atoms with Gasteiger partial charge in [0.2, 0.25) is 5.91 Å². The van der Waals surface area contributed by atoms with Gasteiger partial charge in [-0.25, -0.2) is 4.79 Å². The van der Waals surface area contributed by atoms with Crippen molar-refractivity contribution in [1.29, 1.82) is 0 Å². The maximum absolute atomic E-state index is 12.5. The van der Waals surface area contributed by atoms with Crippen LogP contribution < -0.4 is 0 Å². The van der Waals surface area contributed by atoms with E-state index >= 15 is 0 Å². The van der Waals surface area contributed by atoms with Gasteiger partial charge in [0.15, 0.2) is 0 Å². The Kier molecular flexibility index (Phi) is 4.60. The van der Waals surface area contributed by atoms with Crippen molar-refractivity contribution >= 4 is 18.0 Å². The zero-order valence-electron chi connectivity index (χ0n) is 13.0. The van der Waals surface area contributed by atoms with Gasteiger partial charge in [0, 0.05) is 18.7 Å². The van der Waals surface area contributed by atoms with Crippen LogP contribution in [-0.2, 0) is 9.59 Å². The van der Waals surface area contributed by atoms with E-state index < -0.39 is 5.97 Å². The number of likely N-dealkylation sites (tertiary alicyclic amines) is 1. The number of hydrogen-bond donors (Lipinski definition) is 1. The van der Waals surface area contributed by atoms with Crippen LogP contribution in [0.3, 0.4) is 0 Å². The van der Waals surface area contributed by atoms with Crippen molar-refractivity contribution in [3.8, 4) is 0 Å². The number of hydrogen-bond acceptors (Lipinski definition) is 2. The average Bonchev–Trinajstić information content (AvgIpc) is 2.99. The van der Waals surface area contributed by atoms with Gasteiger partial charge < -0.3 is 10.0 Å². The van der Waals surface area contributed by atoms with E-state index in [0.29, 0.717) is 11.8 Å². The van der Waals surface area contributed by atoms with E-state index in [1.807, 2.05) is 35.2 Å². The van der Waals surface area contributed by atoms with Crippen LogP contribution in [0.5, 0.6) is 0 Å². The van der Waals surface area contributed by atoms with E-state index in [9.17, 15) is 14.7 Å². The van der Waals surface area contributed by atoms with Gasteiger partial charge in [-0.05, 0) is 36.3 Å². The van der Waals surface area contributed by atoms with Crippen molar-refractivity contribution < 1.29 is 14.7 Å². The summed E-state index contributed by atoms with van der Waals surface area (Å²) in [6.45, 7) is 1.51. The van der Waals surface area contributed by atoms with E-state index in [-0.39, 0.29) is 17.9 Å². The van der Waals surface area contributed by atoms with Gasteiger partial charge in [-0.1, -0.05) is 42.5 Å². The molecule has 0 radical (unpaired) electrons. The lowest BCUT2D eigenvalue weighted by molar-refractivity contribution is -0.136. The highest BCUT2D eigenvalue weighted by molar-refractivity contribution is 5.98. The summed E-state index contributed by atoms with van der Waals surface area (Å²) < 4.78 is 0. The molecule has 1 fully saturated rings. The fourth-order valence-electron chi connectivity index (χ4n) is 3.43. The minimum Gasteiger partial charge on any atom is -0.478 e. The van der Waals surface area contributed by atoms with Crippen LogP contribution in [-0.4, -0.2) is 35.0 Å². The van der Waals surface area contributed by atoms with Crippen molar-refractivity contribution in [2.24, 2.45) is 11.8 Å². The molecule has 4 nitrogen and oxygen atoms in total. The summed E-state index contributed by atoms with van der Waals surface area (Å²) in [5.41, 5.74) is 0.950. The van der Waals surface area contributed by atoms with Crippen molar-refractivity contribution in [3.63, 3.8) is 0 Å². The van der Waals surface area contributed by atoms with Crippen LogP contribution in [0, 0.1) is 11.8 Å². The van der Waals surface area contributed by atoms with Gasteiger partial charge >= 0.3 is 5.97 Å². The van der Waals surface area contributed by atoms with E-state index in [2.05, 4.69) is 12.2 Å². The number of fused-ring (bicyclic) bond motifs is 1. The van der Waals surface area contributed by atoms with Gasteiger partial charge in [0.1, 0.15) is 0 Å². The minimum atomic E-state index is -1.03. The molecule has 0 saturated carbocycles. The molecular formula is C19H21NO3. The van der Waals surface area contributed by atoms with E-state index in [1.54, 1.807) is 6.08 Å². The topological polar surface area (TPSA) is 57.6 Å². The number of rotatable bonds is 4. The molecule has 2 atom stereocenters. The standard InChI is InChI=1S/C19H21NO3/c21-18(20-12-15-8-4-5-9-16(15)13-20)11-17(19(22)23)10-14-6-2-1-3-7-14/h1-7,10,15-16H,8-9,11-13H2,(H,22,23)/b17-10+. The molecule has 0 spiro atoms. The number of nitrogens with zero attached hydrogens (tertiary/aromatic N) is 1. The van der Waals surface area contributed by atoms with E-state index in [0.717, 1.165) is 31.5 Å². The molecule has 0 bridgehead atoms. The molecule has 23 heavy (non-hydrogen) atoms. The van der Waals surface area contributed by atoms with Gasteiger partial charge in [0.25, 0.3) is 0 Å². The first-order chi connectivity index (χ1) is 11.1. The molecule has 1 N–H and O–H groups in total. The number of benzene rings is 1. The second kappa shape index (κ2) is 6.82. The van der Waals surface area contributed by atoms with Crippen LogP contribution in [0.25, 0.3) is 6.08 Å². The summed E-state index contributed by atoms with van der Waals surface area (Å²) in [5, 5.41) is 9.38. The Balaban J connectivity index is 1.68. The maximum Gasteiger partial charge on any atom is 0.332 e. The lowest BCUT2D eigenvalue weighted by Gasteiger charge is -2.17. The largest absolute Gasteiger partial charge is 0.478 e. The molecule has 2 aliphatic rings. The zero-order chi connectivity index (χ0) is 16.2. The fourth-order valence-corrected chi connectivity index (χ4v) is 3.43. The normalized spacial score (nSPS) is 23.7. The molecule has 1 aromatic rings. The average molecular weight is 311 g/mol. The van der Waals surface area contributed by atoms with Crippen LogP contribution in [0.15, 0.2) is 48.1 Å². The number of carboxylic acid groups (broad SMARTS) is 1. The van der Waals surface area contributed by atoms with Gasteiger partial charge in [0.05, 0.1) is 6.42 Å². The predicted octanol–water partition coefficient (Wildman–Crippen LogP) is 2.97. The number of carbonyl (C=O) groups excluding carboxylic acids is 1. The van der Waals surface area contributed by atoms with Crippen LogP contribution in [0.4, 0.5) is 0 Å². The molecule has 2 unspecified atom stereocenters. The van der Waals surface area contributed by atoms with Gasteiger partial charge in [-0.3, -0.25) is 4.79 Å². The maximum atomic E-state index is 12.5. The molecular weight excluding hydrogens is 290 g/mol. The van der Waals surface area contributed by atoms with Crippen molar-refractivity contribution in [1.82, 2.24) is 4.90 Å². The smallest absolute Gasteiger partial charge is 0.332 e. The fraction of sp³-hybridized carbons (Fsp3) is 0.368. The highest BCUT2D eigenvalue weighted by Crippen LogP contribution is 2.33. The Morgan fingerprint density at radius 1 is 1.09 bits per heavy atom. The van der Waals surface area contributed by atoms with E-state index in [4.69, 9.17) is 0 Å². The van der Waals surface area contributed by atoms with Crippen LogP contribution in [0.2, 0.25) is 0 Å². The molecule has 3 rings (SSSR count). The molecule has 1 aliphatic carbocycles. The number of amides is 1. The third-order valence-corrected chi connectivity index (χ3v) is 4.73. The number of allylic oxidation sites excluding steroid dienone is 2. The quantitative estimate of drug-likeness (QED) is 0.687. The summed E-state index contributed by atoms with van der Waals surface area (Å²) in [6.07, 6.45) is 7.97. The Morgan fingerprint density at radius 3 is 2.26 bits per heavy atom. The second-order valence-corrected chi connectivity index (χ2v) is 6.32.